The molecule has 0 N–H and O–H groups in total. The minimum Gasteiger partial charge on any atom is -0.0890 e. The van der Waals surface area contributed by atoms with Crippen molar-refractivity contribution >= 4 is 15.9 Å². The molecule has 1 heteroatoms. The third-order valence-corrected chi connectivity index (χ3v) is 4.71. The molecule has 0 nitrogen and oxygen atoms in total. The molecule has 1 aliphatic carbocycles. The van der Waals surface area contributed by atoms with Crippen molar-refractivity contribution < 1.29 is 0 Å². The normalized spacial score (nSPS) is 27.3. The van der Waals surface area contributed by atoms with Crippen molar-refractivity contribution in [1.82, 2.24) is 0 Å². The number of alkyl halides is 1. The zero-order chi connectivity index (χ0) is 12.4. The number of benzene rings is 2. The molecule has 2 unspecified atom stereocenters. The maximum Gasteiger partial charge on any atom is 0.0157 e. The fourth-order valence-electron chi connectivity index (χ4n) is 3.11. The molecular formula is C17H17Br. The molecule has 0 spiro atoms. The Morgan fingerprint density at radius 1 is 0.667 bits per heavy atom. The first-order valence-electron chi connectivity index (χ1n) is 6.58. The summed E-state index contributed by atoms with van der Waals surface area (Å²) < 4.78 is 0. The first-order chi connectivity index (χ1) is 8.84. The van der Waals surface area contributed by atoms with E-state index >= 15 is 0 Å². The SMILES string of the molecule is BrC1CC(c2ccccc2)C(c2ccccc2)C1. The van der Waals surface area contributed by atoms with Crippen molar-refractivity contribution in [2.45, 2.75) is 29.5 Å². The Hall–Kier alpha value is -1.08. The third-order valence-electron chi connectivity index (χ3n) is 3.96. The molecule has 18 heavy (non-hydrogen) atoms. The molecule has 2 aromatic carbocycles. The lowest BCUT2D eigenvalue weighted by molar-refractivity contribution is 0.624. The molecule has 1 fully saturated rings. The summed E-state index contributed by atoms with van der Waals surface area (Å²) in [5.74, 6) is 1.30. The Labute approximate surface area is 117 Å². The molecule has 0 aromatic heterocycles. The summed E-state index contributed by atoms with van der Waals surface area (Å²) in [5, 5.41) is 0. The second-order valence-corrected chi connectivity index (χ2v) is 6.40. The smallest absolute Gasteiger partial charge is 0.0157 e. The highest BCUT2D eigenvalue weighted by atomic mass is 79.9. The highest BCUT2D eigenvalue weighted by molar-refractivity contribution is 9.09. The summed E-state index contributed by atoms with van der Waals surface area (Å²) in [5.41, 5.74) is 2.96. The van der Waals surface area contributed by atoms with E-state index in [0.29, 0.717) is 16.7 Å². The fourth-order valence-corrected chi connectivity index (χ4v) is 3.92. The molecule has 0 amide bonds. The van der Waals surface area contributed by atoms with Crippen LogP contribution in [0.15, 0.2) is 60.7 Å². The minimum atomic E-state index is 0.646. The van der Waals surface area contributed by atoms with E-state index in [1.54, 1.807) is 0 Å². The van der Waals surface area contributed by atoms with Gasteiger partial charge in [-0.15, -0.1) is 0 Å². The van der Waals surface area contributed by atoms with Gasteiger partial charge in [0, 0.05) is 4.83 Å². The van der Waals surface area contributed by atoms with Gasteiger partial charge in [0.2, 0.25) is 0 Å². The molecular weight excluding hydrogens is 284 g/mol. The van der Waals surface area contributed by atoms with Crippen LogP contribution in [0.25, 0.3) is 0 Å². The maximum absolute atomic E-state index is 3.81. The largest absolute Gasteiger partial charge is 0.0890 e. The van der Waals surface area contributed by atoms with Gasteiger partial charge in [0.15, 0.2) is 0 Å². The predicted molar refractivity (Wildman–Crippen MR) is 80.3 cm³/mol. The molecule has 2 aromatic rings. The van der Waals surface area contributed by atoms with Crippen molar-refractivity contribution in [2.24, 2.45) is 0 Å². The van der Waals surface area contributed by atoms with Crippen LogP contribution in [0, 0.1) is 0 Å². The third kappa shape index (κ3) is 2.37. The van der Waals surface area contributed by atoms with Gasteiger partial charge in [0.05, 0.1) is 0 Å². The van der Waals surface area contributed by atoms with Crippen molar-refractivity contribution in [2.75, 3.05) is 0 Å². The Morgan fingerprint density at radius 2 is 1.06 bits per heavy atom. The van der Waals surface area contributed by atoms with Crippen molar-refractivity contribution in [3.8, 4) is 0 Å². The van der Waals surface area contributed by atoms with Gasteiger partial charge >= 0.3 is 0 Å². The van der Waals surface area contributed by atoms with E-state index in [-0.39, 0.29) is 0 Å². The highest BCUT2D eigenvalue weighted by Gasteiger charge is 2.34. The van der Waals surface area contributed by atoms with E-state index in [9.17, 15) is 0 Å². The van der Waals surface area contributed by atoms with Crippen LogP contribution in [-0.4, -0.2) is 4.83 Å². The predicted octanol–water partition coefficient (Wildman–Crippen LogP) is 5.11. The summed E-state index contributed by atoms with van der Waals surface area (Å²) in [7, 11) is 0. The van der Waals surface area contributed by atoms with Crippen molar-refractivity contribution in [1.29, 1.82) is 0 Å². The van der Waals surface area contributed by atoms with E-state index in [1.165, 1.54) is 24.0 Å². The molecule has 0 bridgehead atoms. The molecule has 2 atom stereocenters. The lowest BCUT2D eigenvalue weighted by Gasteiger charge is -2.20. The second kappa shape index (κ2) is 5.27. The summed E-state index contributed by atoms with van der Waals surface area (Å²) in [6, 6.07) is 21.9. The molecule has 0 aliphatic heterocycles. The Kier molecular flexibility index (Phi) is 3.51. The van der Waals surface area contributed by atoms with E-state index in [2.05, 4.69) is 76.6 Å². The maximum atomic E-state index is 3.81. The monoisotopic (exact) mass is 300 g/mol. The van der Waals surface area contributed by atoms with Gasteiger partial charge in [-0.1, -0.05) is 76.6 Å². The lowest BCUT2D eigenvalue weighted by Crippen LogP contribution is -2.04. The first-order valence-corrected chi connectivity index (χ1v) is 7.50. The van der Waals surface area contributed by atoms with Crippen LogP contribution in [0.1, 0.15) is 35.8 Å². The fraction of sp³-hybridized carbons (Fsp3) is 0.294. The van der Waals surface area contributed by atoms with Gasteiger partial charge < -0.3 is 0 Å². The molecule has 1 saturated carbocycles. The minimum absolute atomic E-state index is 0.646. The number of hydrogen-bond acceptors (Lipinski definition) is 0. The van der Waals surface area contributed by atoms with Crippen LogP contribution in [0.2, 0.25) is 0 Å². The van der Waals surface area contributed by atoms with Crippen LogP contribution in [0.4, 0.5) is 0 Å². The Bertz CT molecular complexity index is 444. The average Bonchev–Trinajstić information content (AvgIpc) is 2.83. The molecule has 0 radical (unpaired) electrons. The molecule has 1 aliphatic rings. The quantitative estimate of drug-likeness (QED) is 0.676. The Balaban J connectivity index is 1.93. The van der Waals surface area contributed by atoms with E-state index in [1.807, 2.05) is 0 Å². The van der Waals surface area contributed by atoms with Gasteiger partial charge in [-0.25, -0.2) is 0 Å². The molecule has 92 valence electrons. The second-order valence-electron chi connectivity index (χ2n) is 5.10. The van der Waals surface area contributed by atoms with Gasteiger partial charge in [-0.2, -0.15) is 0 Å². The summed E-state index contributed by atoms with van der Waals surface area (Å²) in [6.45, 7) is 0. The van der Waals surface area contributed by atoms with Gasteiger partial charge in [-0.3, -0.25) is 0 Å². The Morgan fingerprint density at radius 3 is 1.44 bits per heavy atom. The van der Waals surface area contributed by atoms with Crippen LogP contribution in [0.3, 0.4) is 0 Å². The van der Waals surface area contributed by atoms with Crippen LogP contribution in [0.5, 0.6) is 0 Å². The van der Waals surface area contributed by atoms with Crippen LogP contribution < -0.4 is 0 Å². The highest BCUT2D eigenvalue weighted by Crippen LogP contribution is 2.48. The van der Waals surface area contributed by atoms with Crippen molar-refractivity contribution in [3.63, 3.8) is 0 Å². The standard InChI is InChI=1S/C17H17Br/c18-15-11-16(13-7-3-1-4-8-13)17(12-15)14-9-5-2-6-10-14/h1-10,15-17H,11-12H2. The summed E-state index contributed by atoms with van der Waals surface area (Å²) in [4.78, 5) is 0.646. The summed E-state index contributed by atoms with van der Waals surface area (Å²) in [6.07, 6.45) is 2.48. The topological polar surface area (TPSA) is 0 Å². The zero-order valence-corrected chi connectivity index (χ0v) is 11.9. The summed E-state index contributed by atoms with van der Waals surface area (Å²) >= 11 is 3.81. The van der Waals surface area contributed by atoms with Gasteiger partial charge in [0.1, 0.15) is 0 Å². The zero-order valence-electron chi connectivity index (χ0n) is 10.3. The van der Waals surface area contributed by atoms with Crippen LogP contribution in [-0.2, 0) is 0 Å². The van der Waals surface area contributed by atoms with Crippen LogP contribution >= 0.6 is 15.9 Å². The number of hydrogen-bond donors (Lipinski definition) is 0. The average molecular weight is 301 g/mol. The number of halogens is 1. The first kappa shape index (κ1) is 12.0. The van der Waals surface area contributed by atoms with E-state index < -0.39 is 0 Å². The number of rotatable bonds is 2. The van der Waals surface area contributed by atoms with Gasteiger partial charge in [0.25, 0.3) is 0 Å². The lowest BCUT2D eigenvalue weighted by atomic mass is 9.84. The van der Waals surface area contributed by atoms with E-state index in [0.717, 1.165) is 0 Å². The molecule has 3 rings (SSSR count). The van der Waals surface area contributed by atoms with E-state index in [4.69, 9.17) is 0 Å². The molecule has 0 heterocycles. The molecule has 0 saturated heterocycles. The van der Waals surface area contributed by atoms with Crippen molar-refractivity contribution in [3.05, 3.63) is 71.8 Å². The van der Waals surface area contributed by atoms with Gasteiger partial charge in [-0.05, 0) is 35.8 Å².